The molecule has 0 aliphatic rings. The van der Waals surface area contributed by atoms with Crippen LogP contribution in [0.2, 0.25) is 0 Å². The maximum Gasteiger partial charge on any atom is 0.170 e. The molecule has 0 atom stereocenters. The zero-order valence-corrected chi connectivity index (χ0v) is 12.8. The number of hydrogen-bond acceptors (Lipinski definition) is 3. The maximum absolute atomic E-state index is 13.7. The minimum Gasteiger partial charge on any atom is -0.504 e. The van der Waals surface area contributed by atoms with Gasteiger partial charge in [-0.1, -0.05) is 13.8 Å². The van der Waals surface area contributed by atoms with E-state index in [9.17, 15) is 13.9 Å². The Morgan fingerprint density at radius 2 is 1.96 bits per heavy atom. The van der Waals surface area contributed by atoms with Crippen LogP contribution in [0.5, 0.6) is 17.2 Å². The monoisotopic (exact) mass is 318 g/mol. The van der Waals surface area contributed by atoms with Gasteiger partial charge in [0, 0.05) is 24.1 Å². The number of aromatic nitrogens is 2. The molecule has 120 valence electrons. The number of aromatic hydroxyl groups is 1. The molecular weight excluding hydrogens is 302 g/mol. The molecule has 0 unspecified atom stereocenters. The Balaban J connectivity index is 1.97. The largest absolute Gasteiger partial charge is 0.504 e. The quantitative estimate of drug-likeness (QED) is 0.772. The predicted molar refractivity (Wildman–Crippen MR) is 82.7 cm³/mol. The first-order chi connectivity index (χ1) is 10.9. The molecule has 0 bridgehead atoms. The summed E-state index contributed by atoms with van der Waals surface area (Å²) in [4.78, 5) is 0. The van der Waals surface area contributed by atoms with Crippen molar-refractivity contribution in [1.29, 1.82) is 0 Å². The van der Waals surface area contributed by atoms with Crippen LogP contribution < -0.4 is 4.74 Å². The summed E-state index contributed by atoms with van der Waals surface area (Å²) in [6.07, 6.45) is 1.66. The lowest BCUT2D eigenvalue weighted by atomic mass is 10.2. The lowest BCUT2D eigenvalue weighted by Gasteiger charge is -2.10. The van der Waals surface area contributed by atoms with E-state index in [-0.39, 0.29) is 17.2 Å². The number of phenols is 1. The van der Waals surface area contributed by atoms with E-state index >= 15 is 0 Å². The van der Waals surface area contributed by atoms with Gasteiger partial charge >= 0.3 is 0 Å². The number of ether oxygens (including phenoxy) is 1. The Kier molecular flexibility index (Phi) is 3.90. The van der Waals surface area contributed by atoms with E-state index in [1.54, 1.807) is 16.9 Å². The second kappa shape index (κ2) is 5.87. The summed E-state index contributed by atoms with van der Waals surface area (Å²) in [7, 11) is 0. The summed E-state index contributed by atoms with van der Waals surface area (Å²) in [5.41, 5.74) is 0.767. The van der Waals surface area contributed by atoms with Crippen molar-refractivity contribution in [3.8, 4) is 17.2 Å². The van der Waals surface area contributed by atoms with E-state index in [0.717, 1.165) is 29.6 Å². The Morgan fingerprint density at radius 3 is 2.65 bits per heavy atom. The van der Waals surface area contributed by atoms with Crippen LogP contribution in [0.15, 0.2) is 36.5 Å². The van der Waals surface area contributed by atoms with Gasteiger partial charge in [-0.2, -0.15) is 5.10 Å². The van der Waals surface area contributed by atoms with Crippen LogP contribution >= 0.6 is 0 Å². The highest BCUT2D eigenvalue weighted by molar-refractivity contribution is 5.82. The second-order valence-electron chi connectivity index (χ2n) is 5.78. The number of halogens is 2. The van der Waals surface area contributed by atoms with Crippen LogP contribution in [-0.4, -0.2) is 14.9 Å². The van der Waals surface area contributed by atoms with Gasteiger partial charge in [-0.05, 0) is 24.1 Å². The van der Waals surface area contributed by atoms with Crippen LogP contribution in [0.3, 0.4) is 0 Å². The first kappa shape index (κ1) is 15.3. The molecule has 0 spiro atoms. The number of hydrogen-bond donors (Lipinski definition) is 1. The Labute approximate surface area is 131 Å². The molecule has 3 rings (SSSR count). The number of fused-ring (bicyclic) bond motifs is 1. The fraction of sp³-hybridized carbons (Fsp3) is 0.235. The Bertz CT molecular complexity index is 859. The zero-order valence-electron chi connectivity index (χ0n) is 12.8. The molecule has 0 saturated carbocycles. The zero-order chi connectivity index (χ0) is 16.6. The minimum absolute atomic E-state index is 0.0899. The minimum atomic E-state index is -0.833. The second-order valence-corrected chi connectivity index (χ2v) is 5.78. The van der Waals surface area contributed by atoms with Gasteiger partial charge in [0.1, 0.15) is 5.82 Å². The van der Waals surface area contributed by atoms with Crippen molar-refractivity contribution in [2.24, 2.45) is 5.92 Å². The summed E-state index contributed by atoms with van der Waals surface area (Å²) < 4.78 is 33.7. The van der Waals surface area contributed by atoms with Crippen molar-refractivity contribution in [3.05, 3.63) is 48.2 Å². The molecule has 0 aliphatic heterocycles. The smallest absolute Gasteiger partial charge is 0.170 e. The van der Waals surface area contributed by atoms with Crippen molar-refractivity contribution in [1.82, 2.24) is 9.78 Å². The summed E-state index contributed by atoms with van der Waals surface area (Å²) in [5, 5.41) is 15.2. The lowest BCUT2D eigenvalue weighted by molar-refractivity contribution is 0.395. The van der Waals surface area contributed by atoms with Crippen LogP contribution in [0.25, 0.3) is 10.9 Å². The van der Waals surface area contributed by atoms with Crippen LogP contribution in [-0.2, 0) is 6.54 Å². The highest BCUT2D eigenvalue weighted by Gasteiger charge is 2.13. The van der Waals surface area contributed by atoms with Gasteiger partial charge < -0.3 is 9.84 Å². The highest BCUT2D eigenvalue weighted by Crippen LogP contribution is 2.35. The van der Waals surface area contributed by atoms with Gasteiger partial charge in [-0.15, -0.1) is 0 Å². The Hall–Kier alpha value is -2.63. The molecule has 0 aliphatic carbocycles. The normalized spacial score (nSPS) is 11.3. The van der Waals surface area contributed by atoms with Gasteiger partial charge in [-0.3, -0.25) is 4.68 Å². The maximum atomic E-state index is 13.7. The fourth-order valence-corrected chi connectivity index (χ4v) is 2.34. The van der Waals surface area contributed by atoms with Gasteiger partial charge in [0.25, 0.3) is 0 Å². The molecule has 1 N–H and O–H groups in total. The third kappa shape index (κ3) is 3.11. The van der Waals surface area contributed by atoms with E-state index in [0.29, 0.717) is 5.92 Å². The average Bonchev–Trinajstić information content (AvgIpc) is 2.84. The topological polar surface area (TPSA) is 47.3 Å². The van der Waals surface area contributed by atoms with Gasteiger partial charge in [0.2, 0.25) is 0 Å². The van der Waals surface area contributed by atoms with Gasteiger partial charge in [-0.25, -0.2) is 8.78 Å². The first-order valence-corrected chi connectivity index (χ1v) is 7.25. The molecule has 0 radical (unpaired) electrons. The first-order valence-electron chi connectivity index (χ1n) is 7.25. The molecule has 1 aromatic heterocycles. The summed E-state index contributed by atoms with van der Waals surface area (Å²) >= 11 is 0. The third-order valence-corrected chi connectivity index (χ3v) is 3.37. The van der Waals surface area contributed by atoms with Crippen molar-refractivity contribution >= 4 is 10.9 Å². The Morgan fingerprint density at radius 1 is 1.17 bits per heavy atom. The highest BCUT2D eigenvalue weighted by atomic mass is 19.1. The van der Waals surface area contributed by atoms with Crippen LogP contribution in [0, 0.1) is 17.6 Å². The van der Waals surface area contributed by atoms with E-state index in [1.165, 1.54) is 12.1 Å². The fourth-order valence-electron chi connectivity index (χ4n) is 2.34. The van der Waals surface area contributed by atoms with Gasteiger partial charge in [0.05, 0.1) is 11.7 Å². The molecule has 0 saturated heterocycles. The molecule has 4 nitrogen and oxygen atoms in total. The summed E-state index contributed by atoms with van der Waals surface area (Å²) in [5.74, 6) is -1.32. The lowest BCUT2D eigenvalue weighted by Crippen LogP contribution is -2.05. The van der Waals surface area contributed by atoms with Crippen molar-refractivity contribution < 1.29 is 18.6 Å². The number of rotatable bonds is 4. The molecule has 3 aromatic rings. The van der Waals surface area contributed by atoms with E-state index in [2.05, 4.69) is 18.9 Å². The summed E-state index contributed by atoms with van der Waals surface area (Å²) in [6.45, 7) is 4.86. The average molecular weight is 318 g/mol. The van der Waals surface area contributed by atoms with Crippen LogP contribution in [0.4, 0.5) is 8.78 Å². The van der Waals surface area contributed by atoms with Crippen LogP contribution in [0.1, 0.15) is 13.8 Å². The molecular formula is C17H16F2N2O2. The number of benzene rings is 2. The number of phenolic OH excluding ortho intramolecular Hbond substituents is 1. The summed E-state index contributed by atoms with van der Waals surface area (Å²) in [6, 6.07) is 6.11. The molecule has 0 amide bonds. The molecule has 23 heavy (non-hydrogen) atoms. The van der Waals surface area contributed by atoms with E-state index in [4.69, 9.17) is 4.74 Å². The van der Waals surface area contributed by atoms with Gasteiger partial charge in [0.15, 0.2) is 23.1 Å². The van der Waals surface area contributed by atoms with Crippen molar-refractivity contribution in [2.75, 3.05) is 0 Å². The molecule has 6 heteroatoms. The molecule has 2 aromatic carbocycles. The van der Waals surface area contributed by atoms with Crippen molar-refractivity contribution in [3.63, 3.8) is 0 Å². The predicted octanol–water partition coefficient (Wildman–Crippen LogP) is 4.47. The van der Waals surface area contributed by atoms with Crippen molar-refractivity contribution in [2.45, 2.75) is 20.4 Å². The van der Waals surface area contributed by atoms with E-state index < -0.39 is 11.6 Å². The molecule has 0 fully saturated rings. The third-order valence-electron chi connectivity index (χ3n) is 3.37. The SMILES string of the molecule is CC(C)Cn1ncc2cc(Oc3ccc(F)cc3F)c(O)cc21. The van der Waals surface area contributed by atoms with E-state index in [1.807, 2.05) is 0 Å². The number of nitrogens with zero attached hydrogens (tertiary/aromatic N) is 2. The standard InChI is InChI=1S/C17H16F2N2O2/c1-10(2)9-21-14-7-15(22)17(5-11(14)8-20-21)23-16-4-3-12(18)6-13(16)19/h3-8,10,22H,9H2,1-2H3. The molecule has 1 heterocycles.